The van der Waals surface area contributed by atoms with Crippen molar-refractivity contribution in [3.8, 4) is 0 Å². The summed E-state index contributed by atoms with van der Waals surface area (Å²) in [5.74, 6) is 0. The van der Waals surface area contributed by atoms with Gasteiger partial charge in [0.1, 0.15) is 0 Å². The smallest absolute Gasteiger partial charge is 0.0295 e. The summed E-state index contributed by atoms with van der Waals surface area (Å²) in [5, 5.41) is 6.46. The number of hydrogen-bond donors (Lipinski definition) is 1. The summed E-state index contributed by atoms with van der Waals surface area (Å²) in [6.45, 7) is 11.7. The van der Waals surface area contributed by atoms with E-state index in [1.165, 1.54) is 16.3 Å². The zero-order valence-electron chi connectivity index (χ0n) is 13.2. The lowest BCUT2D eigenvalue weighted by atomic mass is 10.0. The molecule has 0 aromatic heterocycles. The van der Waals surface area contributed by atoms with Crippen molar-refractivity contribution < 1.29 is 0 Å². The van der Waals surface area contributed by atoms with Crippen LogP contribution in [0, 0.1) is 10.8 Å². The van der Waals surface area contributed by atoms with E-state index in [-0.39, 0.29) is 0 Å². The Kier molecular flexibility index (Phi) is 2.95. The Morgan fingerprint density at radius 1 is 0.900 bits per heavy atom. The lowest BCUT2D eigenvalue weighted by Crippen LogP contribution is -2.25. The van der Waals surface area contributed by atoms with E-state index >= 15 is 0 Å². The summed E-state index contributed by atoms with van der Waals surface area (Å²) in [5.41, 5.74) is 2.15. The number of fused-ring (bicyclic) bond motifs is 1. The summed E-state index contributed by atoms with van der Waals surface area (Å²) in [4.78, 5) is 0. The Labute approximate surface area is 122 Å². The molecule has 2 aromatic carbocycles. The third-order valence-corrected chi connectivity index (χ3v) is 5.71. The Balaban J connectivity index is 1.81. The fourth-order valence-electron chi connectivity index (χ4n) is 3.44. The van der Waals surface area contributed by atoms with E-state index in [2.05, 4.69) is 82.4 Å². The van der Waals surface area contributed by atoms with Crippen LogP contribution in [-0.2, 0) is 0 Å². The van der Waals surface area contributed by atoms with Crippen LogP contribution < -0.4 is 5.32 Å². The third-order valence-electron chi connectivity index (χ3n) is 5.71. The van der Waals surface area contributed by atoms with Gasteiger partial charge in [0, 0.05) is 12.1 Å². The fraction of sp³-hybridized carbons (Fsp3) is 0.474. The number of benzene rings is 2. The van der Waals surface area contributed by atoms with E-state index in [0.717, 1.165) is 0 Å². The van der Waals surface area contributed by atoms with Crippen LogP contribution in [0.2, 0.25) is 0 Å². The third kappa shape index (κ3) is 1.96. The Bertz CT molecular complexity index is 625. The Hall–Kier alpha value is -1.34. The molecule has 0 spiro atoms. The molecular formula is C19H25N. The first-order chi connectivity index (χ1) is 9.34. The van der Waals surface area contributed by atoms with Crippen molar-refractivity contribution in [2.45, 2.75) is 46.7 Å². The molecule has 1 aliphatic rings. The Morgan fingerprint density at radius 3 is 2.10 bits per heavy atom. The largest absolute Gasteiger partial charge is 0.306 e. The quantitative estimate of drug-likeness (QED) is 0.832. The highest BCUT2D eigenvalue weighted by Gasteiger charge is 2.64. The van der Waals surface area contributed by atoms with Gasteiger partial charge in [-0.25, -0.2) is 0 Å². The summed E-state index contributed by atoms with van der Waals surface area (Å²) in [6.07, 6.45) is 0. The minimum Gasteiger partial charge on any atom is -0.306 e. The van der Waals surface area contributed by atoms with Crippen LogP contribution in [0.15, 0.2) is 42.5 Å². The normalized spacial score (nSPS) is 21.9. The molecule has 1 saturated carbocycles. The fourth-order valence-corrected chi connectivity index (χ4v) is 3.44. The second kappa shape index (κ2) is 4.33. The van der Waals surface area contributed by atoms with Crippen molar-refractivity contribution in [3.63, 3.8) is 0 Å². The zero-order valence-corrected chi connectivity index (χ0v) is 13.2. The molecule has 0 heterocycles. The van der Waals surface area contributed by atoms with Gasteiger partial charge in [-0.3, -0.25) is 0 Å². The summed E-state index contributed by atoms with van der Waals surface area (Å²) in [7, 11) is 0. The molecule has 20 heavy (non-hydrogen) atoms. The lowest BCUT2D eigenvalue weighted by Gasteiger charge is -2.16. The highest BCUT2D eigenvalue weighted by Crippen LogP contribution is 2.63. The van der Waals surface area contributed by atoms with Crippen LogP contribution in [0.3, 0.4) is 0 Å². The average Bonchev–Trinajstić information content (AvgIpc) is 2.80. The van der Waals surface area contributed by atoms with Crippen molar-refractivity contribution in [2.24, 2.45) is 10.8 Å². The highest BCUT2D eigenvalue weighted by molar-refractivity contribution is 5.83. The number of rotatable bonds is 3. The molecule has 0 radical (unpaired) electrons. The van der Waals surface area contributed by atoms with Crippen molar-refractivity contribution in [1.82, 2.24) is 5.32 Å². The van der Waals surface area contributed by atoms with E-state index in [0.29, 0.717) is 22.9 Å². The molecule has 0 amide bonds. The number of hydrogen-bond acceptors (Lipinski definition) is 1. The zero-order chi connectivity index (χ0) is 14.5. The summed E-state index contributed by atoms with van der Waals surface area (Å²) >= 11 is 0. The van der Waals surface area contributed by atoms with Crippen molar-refractivity contribution in [2.75, 3.05) is 0 Å². The second-order valence-electron chi connectivity index (χ2n) is 7.37. The van der Waals surface area contributed by atoms with Gasteiger partial charge in [0.05, 0.1) is 0 Å². The minimum absolute atomic E-state index is 0.387. The standard InChI is InChI=1S/C19H25N/c1-13(20-17-18(2,3)19(17,4)5)15-11-10-14-8-6-7-9-16(14)12-15/h6-13,17,20H,1-5H3. The molecular weight excluding hydrogens is 242 g/mol. The molecule has 2 aromatic rings. The monoisotopic (exact) mass is 267 g/mol. The first-order valence-electron chi connectivity index (χ1n) is 7.59. The minimum atomic E-state index is 0.387. The highest BCUT2D eigenvalue weighted by atomic mass is 15.1. The maximum absolute atomic E-state index is 3.82. The molecule has 106 valence electrons. The van der Waals surface area contributed by atoms with Crippen molar-refractivity contribution in [3.05, 3.63) is 48.0 Å². The first kappa shape index (κ1) is 13.6. The van der Waals surface area contributed by atoms with E-state index < -0.39 is 0 Å². The van der Waals surface area contributed by atoms with Gasteiger partial charge in [0.2, 0.25) is 0 Å². The van der Waals surface area contributed by atoms with E-state index in [9.17, 15) is 0 Å². The first-order valence-corrected chi connectivity index (χ1v) is 7.59. The predicted molar refractivity (Wildman–Crippen MR) is 86.8 cm³/mol. The molecule has 1 fully saturated rings. The molecule has 1 heteroatoms. The molecule has 1 nitrogen and oxygen atoms in total. The van der Waals surface area contributed by atoms with Gasteiger partial charge in [-0.05, 0) is 40.2 Å². The SMILES string of the molecule is CC(NC1C(C)(C)C1(C)C)c1ccc2ccccc2c1. The van der Waals surface area contributed by atoms with Crippen LogP contribution in [0.4, 0.5) is 0 Å². The molecule has 0 bridgehead atoms. The van der Waals surface area contributed by atoms with Gasteiger partial charge < -0.3 is 5.32 Å². The van der Waals surface area contributed by atoms with Gasteiger partial charge in [-0.2, -0.15) is 0 Å². The summed E-state index contributed by atoms with van der Waals surface area (Å²) in [6, 6.07) is 16.4. The summed E-state index contributed by atoms with van der Waals surface area (Å²) < 4.78 is 0. The van der Waals surface area contributed by atoms with Crippen molar-refractivity contribution >= 4 is 10.8 Å². The van der Waals surface area contributed by atoms with Crippen LogP contribution in [-0.4, -0.2) is 6.04 Å². The molecule has 1 aliphatic carbocycles. The van der Waals surface area contributed by atoms with Gasteiger partial charge in [0.25, 0.3) is 0 Å². The molecule has 1 unspecified atom stereocenters. The van der Waals surface area contributed by atoms with Crippen molar-refractivity contribution in [1.29, 1.82) is 0 Å². The lowest BCUT2D eigenvalue weighted by molar-refractivity contribution is 0.457. The van der Waals surface area contributed by atoms with E-state index in [4.69, 9.17) is 0 Å². The molecule has 0 aliphatic heterocycles. The van der Waals surface area contributed by atoms with E-state index in [1.807, 2.05) is 0 Å². The van der Waals surface area contributed by atoms with Gasteiger partial charge in [-0.1, -0.05) is 64.1 Å². The topological polar surface area (TPSA) is 12.0 Å². The number of nitrogens with one attached hydrogen (secondary N) is 1. The van der Waals surface area contributed by atoms with Gasteiger partial charge >= 0.3 is 0 Å². The second-order valence-corrected chi connectivity index (χ2v) is 7.37. The van der Waals surface area contributed by atoms with E-state index in [1.54, 1.807) is 0 Å². The maximum atomic E-state index is 3.82. The van der Waals surface area contributed by atoms with Crippen LogP contribution in [0.25, 0.3) is 10.8 Å². The molecule has 0 saturated heterocycles. The molecule has 1 atom stereocenters. The Morgan fingerprint density at radius 2 is 1.50 bits per heavy atom. The van der Waals surface area contributed by atoms with Crippen LogP contribution in [0.1, 0.15) is 46.2 Å². The molecule has 3 rings (SSSR count). The van der Waals surface area contributed by atoms with Crippen LogP contribution >= 0.6 is 0 Å². The average molecular weight is 267 g/mol. The van der Waals surface area contributed by atoms with Gasteiger partial charge in [-0.15, -0.1) is 0 Å². The van der Waals surface area contributed by atoms with Crippen LogP contribution in [0.5, 0.6) is 0 Å². The maximum Gasteiger partial charge on any atom is 0.0295 e. The predicted octanol–water partition coefficient (Wildman–Crippen LogP) is 4.93. The van der Waals surface area contributed by atoms with Gasteiger partial charge in [0.15, 0.2) is 0 Å². The molecule has 1 N–H and O–H groups in total.